The van der Waals surface area contributed by atoms with Crippen LogP contribution >= 0.6 is 11.3 Å². The summed E-state index contributed by atoms with van der Waals surface area (Å²) in [5.41, 5.74) is 4.20. The highest BCUT2D eigenvalue weighted by Crippen LogP contribution is 2.29. The molecule has 2 amide bonds. The summed E-state index contributed by atoms with van der Waals surface area (Å²) in [6, 6.07) is 15.0. The number of hydrogen-bond acceptors (Lipinski definition) is 5. The molecule has 1 aliphatic heterocycles. The van der Waals surface area contributed by atoms with Gasteiger partial charge < -0.3 is 15.2 Å². The minimum Gasteiger partial charge on any atom is -0.345 e. The second kappa shape index (κ2) is 8.16. The van der Waals surface area contributed by atoms with Gasteiger partial charge in [-0.1, -0.05) is 24.3 Å². The average Bonchev–Trinajstić information content (AvgIpc) is 3.53. The molecular formula is C23H19N5O2S. The number of nitrogens with zero attached hydrogens (tertiary/aromatic N) is 3. The van der Waals surface area contributed by atoms with Crippen molar-refractivity contribution in [3.8, 4) is 11.3 Å². The molecule has 1 aromatic carbocycles. The lowest BCUT2D eigenvalue weighted by atomic mass is 9.93. The van der Waals surface area contributed by atoms with Crippen molar-refractivity contribution < 1.29 is 9.59 Å². The average molecular weight is 430 g/mol. The molecule has 0 fully saturated rings. The number of carbonyl (C=O) groups is 2. The number of aromatic amines is 1. The molecule has 5 rings (SSSR count). The van der Waals surface area contributed by atoms with Crippen LogP contribution in [0.15, 0.2) is 72.6 Å². The fourth-order valence-corrected chi connectivity index (χ4v) is 4.46. The maximum Gasteiger partial charge on any atom is 0.264 e. The molecule has 1 aliphatic rings. The van der Waals surface area contributed by atoms with E-state index < -0.39 is 5.92 Å². The van der Waals surface area contributed by atoms with E-state index in [1.807, 2.05) is 53.9 Å². The maximum atomic E-state index is 13.2. The summed E-state index contributed by atoms with van der Waals surface area (Å²) in [7, 11) is 0. The van der Waals surface area contributed by atoms with Crippen LogP contribution in [0.3, 0.4) is 0 Å². The molecule has 31 heavy (non-hydrogen) atoms. The number of carbonyl (C=O) groups excluding carboxylic acids is 2. The Balaban J connectivity index is 1.37. The van der Waals surface area contributed by atoms with E-state index in [-0.39, 0.29) is 11.8 Å². The summed E-state index contributed by atoms with van der Waals surface area (Å²) >= 11 is 1.40. The third kappa shape index (κ3) is 3.85. The Kier molecular flexibility index (Phi) is 5.05. The van der Waals surface area contributed by atoms with Gasteiger partial charge in [0.25, 0.3) is 5.91 Å². The lowest BCUT2D eigenvalue weighted by Crippen LogP contribution is -2.42. The molecule has 154 valence electrons. The largest absolute Gasteiger partial charge is 0.345 e. The van der Waals surface area contributed by atoms with Crippen LogP contribution in [0, 0.1) is 0 Å². The van der Waals surface area contributed by atoms with E-state index >= 15 is 0 Å². The summed E-state index contributed by atoms with van der Waals surface area (Å²) < 4.78 is 0. The van der Waals surface area contributed by atoms with E-state index in [2.05, 4.69) is 20.3 Å². The zero-order valence-electron chi connectivity index (χ0n) is 16.5. The molecule has 1 unspecified atom stereocenters. The van der Waals surface area contributed by atoms with Gasteiger partial charge in [-0.3, -0.25) is 14.6 Å². The van der Waals surface area contributed by atoms with Crippen molar-refractivity contribution in [2.75, 3.05) is 11.9 Å². The predicted molar refractivity (Wildman–Crippen MR) is 119 cm³/mol. The molecule has 0 saturated carbocycles. The van der Waals surface area contributed by atoms with Crippen LogP contribution < -0.4 is 5.32 Å². The van der Waals surface area contributed by atoms with Gasteiger partial charge in [0, 0.05) is 25.0 Å². The molecule has 0 bridgehead atoms. The molecule has 4 heterocycles. The lowest BCUT2D eigenvalue weighted by Gasteiger charge is -2.33. The van der Waals surface area contributed by atoms with E-state index in [0.717, 1.165) is 22.5 Å². The maximum absolute atomic E-state index is 13.2. The van der Waals surface area contributed by atoms with E-state index in [0.29, 0.717) is 23.7 Å². The SMILES string of the molecule is O=C(Nc1ccc(-c2cnc[nH]2)cc1)C1CN(C(=O)c2cccs2)Cc2cccnc21. The van der Waals surface area contributed by atoms with Gasteiger partial charge in [-0.05, 0) is 40.8 Å². The number of benzene rings is 1. The first-order valence-corrected chi connectivity index (χ1v) is 10.7. The number of aromatic nitrogens is 3. The molecule has 3 aromatic heterocycles. The van der Waals surface area contributed by atoms with Gasteiger partial charge in [-0.25, -0.2) is 4.98 Å². The minimum atomic E-state index is -0.541. The Labute approximate surface area is 182 Å². The van der Waals surface area contributed by atoms with E-state index in [4.69, 9.17) is 0 Å². The van der Waals surface area contributed by atoms with Gasteiger partial charge in [-0.15, -0.1) is 11.3 Å². The van der Waals surface area contributed by atoms with Crippen molar-refractivity contribution >= 4 is 28.8 Å². The number of thiophene rings is 1. The summed E-state index contributed by atoms with van der Waals surface area (Å²) in [5.74, 6) is -0.787. The first kappa shape index (κ1) is 19.2. The number of amides is 2. The quantitative estimate of drug-likeness (QED) is 0.515. The molecule has 4 aromatic rings. The standard InChI is InChI=1S/C23H19N5O2S/c29-22(27-17-7-5-15(6-8-17)19-11-24-14-26-19)18-13-28(23(30)20-4-2-10-31-20)12-16-3-1-9-25-21(16)18/h1-11,14,18H,12-13H2,(H,24,26)(H,27,29). The Morgan fingerprint density at radius 1 is 1.13 bits per heavy atom. The second-order valence-electron chi connectivity index (χ2n) is 7.30. The van der Waals surface area contributed by atoms with Gasteiger partial charge in [0.2, 0.25) is 5.91 Å². The van der Waals surface area contributed by atoms with Gasteiger partial charge >= 0.3 is 0 Å². The number of imidazole rings is 1. The van der Waals surface area contributed by atoms with Crippen LogP contribution in [0.1, 0.15) is 26.8 Å². The molecule has 0 saturated heterocycles. The fraction of sp³-hybridized carbons (Fsp3) is 0.130. The highest BCUT2D eigenvalue weighted by atomic mass is 32.1. The van der Waals surface area contributed by atoms with Crippen molar-refractivity contribution in [2.45, 2.75) is 12.5 Å². The zero-order chi connectivity index (χ0) is 21.2. The highest BCUT2D eigenvalue weighted by molar-refractivity contribution is 7.12. The third-order valence-electron chi connectivity index (χ3n) is 5.32. The molecule has 0 spiro atoms. The van der Waals surface area contributed by atoms with Crippen molar-refractivity contribution in [3.63, 3.8) is 0 Å². The van der Waals surface area contributed by atoms with E-state index in [9.17, 15) is 9.59 Å². The number of fused-ring (bicyclic) bond motifs is 1. The molecule has 8 heteroatoms. The highest BCUT2D eigenvalue weighted by Gasteiger charge is 2.34. The lowest BCUT2D eigenvalue weighted by molar-refractivity contribution is -0.118. The van der Waals surface area contributed by atoms with Crippen molar-refractivity contribution in [2.24, 2.45) is 0 Å². The normalized spacial score (nSPS) is 15.4. The summed E-state index contributed by atoms with van der Waals surface area (Å²) in [4.78, 5) is 40.1. The smallest absolute Gasteiger partial charge is 0.264 e. The van der Waals surface area contributed by atoms with Crippen LogP contribution in [0.5, 0.6) is 0 Å². The monoisotopic (exact) mass is 429 g/mol. The van der Waals surface area contributed by atoms with Crippen molar-refractivity contribution in [3.05, 3.63) is 88.8 Å². The van der Waals surface area contributed by atoms with Crippen molar-refractivity contribution in [1.29, 1.82) is 0 Å². The van der Waals surface area contributed by atoms with Crippen LogP contribution in [-0.4, -0.2) is 38.2 Å². The Morgan fingerprint density at radius 3 is 2.74 bits per heavy atom. The zero-order valence-corrected chi connectivity index (χ0v) is 17.3. The Hall–Kier alpha value is -3.78. The third-order valence-corrected chi connectivity index (χ3v) is 6.18. The Morgan fingerprint density at radius 2 is 2.00 bits per heavy atom. The van der Waals surface area contributed by atoms with Crippen molar-refractivity contribution in [1.82, 2.24) is 19.9 Å². The number of nitrogens with one attached hydrogen (secondary N) is 2. The fourth-order valence-electron chi connectivity index (χ4n) is 3.77. The summed E-state index contributed by atoms with van der Waals surface area (Å²) in [5, 5.41) is 4.86. The van der Waals surface area contributed by atoms with Gasteiger partial charge in [0.15, 0.2) is 0 Å². The minimum absolute atomic E-state index is 0.0637. The summed E-state index contributed by atoms with van der Waals surface area (Å²) in [6.45, 7) is 0.737. The topological polar surface area (TPSA) is 91.0 Å². The van der Waals surface area contributed by atoms with Crippen LogP contribution in [-0.2, 0) is 11.3 Å². The summed E-state index contributed by atoms with van der Waals surface area (Å²) in [6.07, 6.45) is 5.06. The van der Waals surface area contributed by atoms with Gasteiger partial charge in [0.05, 0.1) is 34.7 Å². The number of H-pyrrole nitrogens is 1. The number of anilines is 1. The van der Waals surface area contributed by atoms with E-state index in [1.54, 1.807) is 23.6 Å². The first-order chi connectivity index (χ1) is 15.2. The molecule has 7 nitrogen and oxygen atoms in total. The van der Waals surface area contributed by atoms with Gasteiger partial charge in [0.1, 0.15) is 0 Å². The second-order valence-corrected chi connectivity index (χ2v) is 8.24. The molecular weight excluding hydrogens is 410 g/mol. The van der Waals surface area contributed by atoms with E-state index in [1.165, 1.54) is 11.3 Å². The van der Waals surface area contributed by atoms with Crippen LogP contribution in [0.2, 0.25) is 0 Å². The van der Waals surface area contributed by atoms with Crippen LogP contribution in [0.25, 0.3) is 11.3 Å². The van der Waals surface area contributed by atoms with Crippen LogP contribution in [0.4, 0.5) is 5.69 Å². The predicted octanol–water partition coefficient (Wildman–Crippen LogP) is 3.91. The number of hydrogen-bond donors (Lipinski definition) is 2. The molecule has 0 aliphatic carbocycles. The Bertz CT molecular complexity index is 1200. The number of rotatable bonds is 4. The van der Waals surface area contributed by atoms with Gasteiger partial charge in [-0.2, -0.15) is 0 Å². The molecule has 2 N–H and O–H groups in total. The number of pyridine rings is 1. The molecule has 1 atom stereocenters. The molecule has 0 radical (unpaired) electrons. The first-order valence-electron chi connectivity index (χ1n) is 9.85.